The number of hydrogen-bond acceptors (Lipinski definition) is 2. The van der Waals surface area contributed by atoms with Crippen molar-refractivity contribution < 1.29 is 4.39 Å². The molecule has 0 saturated carbocycles. The van der Waals surface area contributed by atoms with E-state index in [1.54, 1.807) is 6.07 Å². The van der Waals surface area contributed by atoms with E-state index in [9.17, 15) is 4.39 Å². The topological polar surface area (TPSA) is 12.0 Å². The third kappa shape index (κ3) is 4.32. The first-order chi connectivity index (χ1) is 10.1. The van der Waals surface area contributed by atoms with Gasteiger partial charge in [-0.25, -0.2) is 4.39 Å². The highest BCUT2D eigenvalue weighted by Gasteiger charge is 2.10. The molecule has 2 aromatic rings. The lowest BCUT2D eigenvalue weighted by Crippen LogP contribution is -2.19. The van der Waals surface area contributed by atoms with Crippen LogP contribution in [0, 0.1) is 12.7 Å². The first kappa shape index (κ1) is 16.1. The highest BCUT2D eigenvalue weighted by Crippen LogP contribution is 2.32. The molecule has 112 valence electrons. The fraction of sp³-hybridized carbons (Fsp3) is 0.333. The molecule has 0 aliphatic heterocycles. The molecule has 0 heterocycles. The first-order valence-electron chi connectivity index (χ1n) is 7.38. The molecule has 0 aliphatic carbocycles. The summed E-state index contributed by atoms with van der Waals surface area (Å²) in [6.45, 7) is 7.19. The van der Waals surface area contributed by atoms with Crippen LogP contribution in [0.2, 0.25) is 0 Å². The standard InChI is InChI=1S/C18H22FNS/c1-4-11-20-14(3)15-9-10-18(16(19)12-15)21-17-8-6-5-7-13(17)2/h5-10,12,14,20H,4,11H2,1-3H3. The molecule has 0 radical (unpaired) electrons. The normalized spacial score (nSPS) is 12.4. The lowest BCUT2D eigenvalue weighted by molar-refractivity contribution is 0.556. The Morgan fingerprint density at radius 3 is 2.57 bits per heavy atom. The van der Waals surface area contributed by atoms with Crippen molar-refractivity contribution in [3.05, 3.63) is 59.4 Å². The van der Waals surface area contributed by atoms with Crippen LogP contribution in [-0.2, 0) is 0 Å². The van der Waals surface area contributed by atoms with E-state index in [0.717, 1.165) is 23.4 Å². The molecule has 0 fully saturated rings. The minimum absolute atomic E-state index is 0.147. The molecular weight excluding hydrogens is 281 g/mol. The second kappa shape index (κ2) is 7.62. The van der Waals surface area contributed by atoms with Crippen molar-refractivity contribution in [2.45, 2.75) is 43.0 Å². The fourth-order valence-electron chi connectivity index (χ4n) is 2.14. The molecular formula is C18H22FNS. The molecule has 2 aromatic carbocycles. The Bertz CT molecular complexity index is 598. The minimum atomic E-state index is -0.147. The number of rotatable bonds is 6. The summed E-state index contributed by atoms with van der Waals surface area (Å²) in [7, 11) is 0. The quantitative estimate of drug-likeness (QED) is 0.772. The van der Waals surface area contributed by atoms with E-state index in [1.807, 2.05) is 43.3 Å². The van der Waals surface area contributed by atoms with Crippen LogP contribution in [0.15, 0.2) is 52.3 Å². The predicted octanol–water partition coefficient (Wildman–Crippen LogP) is 5.35. The van der Waals surface area contributed by atoms with E-state index in [4.69, 9.17) is 0 Å². The van der Waals surface area contributed by atoms with Crippen molar-refractivity contribution in [1.29, 1.82) is 0 Å². The van der Waals surface area contributed by atoms with Gasteiger partial charge in [-0.3, -0.25) is 0 Å². The van der Waals surface area contributed by atoms with Gasteiger partial charge in [-0.05, 0) is 56.1 Å². The van der Waals surface area contributed by atoms with Gasteiger partial charge in [0.2, 0.25) is 0 Å². The highest BCUT2D eigenvalue weighted by atomic mass is 32.2. The van der Waals surface area contributed by atoms with Gasteiger partial charge in [0.25, 0.3) is 0 Å². The van der Waals surface area contributed by atoms with Gasteiger partial charge in [0, 0.05) is 15.8 Å². The summed E-state index contributed by atoms with van der Waals surface area (Å²) in [5.74, 6) is -0.147. The van der Waals surface area contributed by atoms with Crippen molar-refractivity contribution in [2.24, 2.45) is 0 Å². The summed E-state index contributed by atoms with van der Waals surface area (Å²) in [5, 5.41) is 3.38. The molecule has 1 N–H and O–H groups in total. The Hall–Kier alpha value is -1.32. The molecule has 0 bridgehead atoms. The Balaban J connectivity index is 2.14. The Kier molecular flexibility index (Phi) is 5.83. The molecule has 0 saturated heterocycles. The van der Waals surface area contributed by atoms with E-state index < -0.39 is 0 Å². The van der Waals surface area contributed by atoms with Crippen molar-refractivity contribution in [2.75, 3.05) is 6.54 Å². The summed E-state index contributed by atoms with van der Waals surface area (Å²) in [6.07, 6.45) is 1.08. The Labute approximate surface area is 131 Å². The van der Waals surface area contributed by atoms with Crippen LogP contribution in [0.4, 0.5) is 4.39 Å². The smallest absolute Gasteiger partial charge is 0.137 e. The van der Waals surface area contributed by atoms with Gasteiger partial charge in [0.1, 0.15) is 5.82 Å². The van der Waals surface area contributed by atoms with Crippen LogP contribution in [0.25, 0.3) is 0 Å². The average Bonchev–Trinajstić information content (AvgIpc) is 2.49. The maximum Gasteiger partial charge on any atom is 0.137 e. The molecule has 21 heavy (non-hydrogen) atoms. The van der Waals surface area contributed by atoms with Gasteiger partial charge >= 0.3 is 0 Å². The molecule has 3 heteroatoms. The summed E-state index contributed by atoms with van der Waals surface area (Å²) in [4.78, 5) is 1.78. The van der Waals surface area contributed by atoms with Gasteiger partial charge < -0.3 is 5.32 Å². The molecule has 1 nitrogen and oxygen atoms in total. The molecule has 0 aliphatic rings. The zero-order valence-corrected chi connectivity index (χ0v) is 13.6. The third-order valence-electron chi connectivity index (χ3n) is 3.47. The average molecular weight is 303 g/mol. The van der Waals surface area contributed by atoms with E-state index in [0.29, 0.717) is 4.90 Å². The predicted molar refractivity (Wildman–Crippen MR) is 88.4 cm³/mol. The van der Waals surface area contributed by atoms with Crippen molar-refractivity contribution in [3.63, 3.8) is 0 Å². The number of aryl methyl sites for hydroxylation is 1. The monoisotopic (exact) mass is 303 g/mol. The molecule has 0 spiro atoms. The summed E-state index contributed by atoms with van der Waals surface area (Å²) < 4.78 is 14.3. The van der Waals surface area contributed by atoms with Gasteiger partial charge in [-0.2, -0.15) is 0 Å². The first-order valence-corrected chi connectivity index (χ1v) is 8.19. The fourth-order valence-corrected chi connectivity index (χ4v) is 3.04. The number of hydrogen-bond donors (Lipinski definition) is 1. The van der Waals surface area contributed by atoms with Crippen LogP contribution in [0.1, 0.15) is 37.4 Å². The number of halogens is 1. The highest BCUT2D eigenvalue weighted by molar-refractivity contribution is 7.99. The van der Waals surface area contributed by atoms with Gasteiger partial charge in [0.05, 0.1) is 0 Å². The van der Waals surface area contributed by atoms with Crippen LogP contribution >= 0.6 is 11.8 Å². The third-order valence-corrected chi connectivity index (χ3v) is 4.70. The molecule has 0 aromatic heterocycles. The van der Waals surface area contributed by atoms with E-state index in [-0.39, 0.29) is 11.9 Å². The van der Waals surface area contributed by atoms with E-state index in [1.165, 1.54) is 17.3 Å². The largest absolute Gasteiger partial charge is 0.310 e. The minimum Gasteiger partial charge on any atom is -0.310 e. The Morgan fingerprint density at radius 1 is 1.14 bits per heavy atom. The summed E-state index contributed by atoms with van der Waals surface area (Å²) >= 11 is 1.48. The molecule has 1 atom stereocenters. The number of nitrogens with one attached hydrogen (secondary N) is 1. The summed E-state index contributed by atoms with van der Waals surface area (Å²) in [6, 6.07) is 13.8. The SMILES string of the molecule is CCCNC(C)c1ccc(Sc2ccccc2C)c(F)c1. The molecule has 1 unspecified atom stereocenters. The van der Waals surface area contributed by atoms with Crippen molar-refractivity contribution in [3.8, 4) is 0 Å². The second-order valence-electron chi connectivity index (χ2n) is 5.23. The Morgan fingerprint density at radius 2 is 1.90 bits per heavy atom. The zero-order valence-electron chi connectivity index (χ0n) is 12.8. The molecule has 0 amide bonds. The maximum atomic E-state index is 14.3. The van der Waals surface area contributed by atoms with Gasteiger partial charge in [-0.1, -0.05) is 43.0 Å². The zero-order chi connectivity index (χ0) is 15.2. The van der Waals surface area contributed by atoms with E-state index in [2.05, 4.69) is 19.2 Å². The number of benzene rings is 2. The van der Waals surface area contributed by atoms with Crippen molar-refractivity contribution in [1.82, 2.24) is 5.32 Å². The van der Waals surface area contributed by atoms with E-state index >= 15 is 0 Å². The van der Waals surface area contributed by atoms with Crippen LogP contribution in [0.5, 0.6) is 0 Å². The lowest BCUT2D eigenvalue weighted by atomic mass is 10.1. The van der Waals surface area contributed by atoms with Crippen LogP contribution < -0.4 is 5.32 Å². The van der Waals surface area contributed by atoms with Crippen molar-refractivity contribution >= 4 is 11.8 Å². The maximum absolute atomic E-state index is 14.3. The lowest BCUT2D eigenvalue weighted by Gasteiger charge is -2.15. The molecule has 2 rings (SSSR count). The van der Waals surface area contributed by atoms with Gasteiger partial charge in [-0.15, -0.1) is 0 Å². The van der Waals surface area contributed by atoms with Crippen LogP contribution in [-0.4, -0.2) is 6.54 Å². The van der Waals surface area contributed by atoms with Gasteiger partial charge in [0.15, 0.2) is 0 Å². The summed E-state index contributed by atoms with van der Waals surface area (Å²) in [5.41, 5.74) is 2.17. The second-order valence-corrected chi connectivity index (χ2v) is 6.32. The van der Waals surface area contributed by atoms with Crippen LogP contribution in [0.3, 0.4) is 0 Å².